The van der Waals surface area contributed by atoms with E-state index in [1.54, 1.807) is 20.8 Å². The van der Waals surface area contributed by atoms with Gasteiger partial charge in [-0.1, -0.05) is 0 Å². The predicted octanol–water partition coefficient (Wildman–Crippen LogP) is 0.966. The number of hydrogen-bond donors (Lipinski definition) is 2. The van der Waals surface area contributed by atoms with Crippen molar-refractivity contribution in [2.45, 2.75) is 64.4 Å². The summed E-state index contributed by atoms with van der Waals surface area (Å²) in [6.45, 7) is 6.59. The molecule has 1 rings (SSSR count). The van der Waals surface area contributed by atoms with Crippen LogP contribution in [0.15, 0.2) is 0 Å². The molecule has 104 valence electrons. The van der Waals surface area contributed by atoms with Crippen LogP contribution in [0.4, 0.5) is 4.79 Å². The minimum absolute atomic E-state index is 0.333. The van der Waals surface area contributed by atoms with Gasteiger partial charge in [-0.15, -0.1) is 0 Å². The maximum absolute atomic E-state index is 11.6. The molecule has 0 unspecified atom stereocenters. The summed E-state index contributed by atoms with van der Waals surface area (Å²) in [5, 5.41) is 12.2. The van der Waals surface area contributed by atoms with Crippen molar-refractivity contribution in [3.05, 3.63) is 0 Å². The van der Waals surface area contributed by atoms with Crippen LogP contribution < -0.4 is 5.32 Å². The molecule has 0 aromatic carbocycles. The first-order valence-corrected chi connectivity index (χ1v) is 6.02. The molecule has 2 N–H and O–H groups in total. The summed E-state index contributed by atoms with van der Waals surface area (Å²) in [5.41, 5.74) is -0.585. The van der Waals surface area contributed by atoms with Crippen molar-refractivity contribution in [2.24, 2.45) is 0 Å². The van der Waals surface area contributed by atoms with Gasteiger partial charge >= 0.3 is 12.1 Å². The molecule has 3 atom stereocenters. The molecule has 1 amide bonds. The Hall–Kier alpha value is -1.30. The van der Waals surface area contributed by atoms with Crippen LogP contribution in [0.2, 0.25) is 0 Å². The summed E-state index contributed by atoms with van der Waals surface area (Å²) in [4.78, 5) is 22.5. The lowest BCUT2D eigenvalue weighted by molar-refractivity contribution is -0.147. The maximum atomic E-state index is 11.6. The molecule has 0 aromatic heterocycles. The minimum Gasteiger partial charge on any atom is -0.460 e. The molecule has 1 fully saturated rings. The van der Waals surface area contributed by atoms with Gasteiger partial charge in [-0.05, 0) is 27.2 Å². The van der Waals surface area contributed by atoms with Crippen molar-refractivity contribution in [3.8, 4) is 0 Å². The van der Waals surface area contributed by atoms with Crippen molar-refractivity contribution in [1.29, 1.82) is 0 Å². The van der Waals surface area contributed by atoms with Crippen LogP contribution in [0.25, 0.3) is 0 Å². The number of carbonyl (C=O) groups excluding carboxylic acids is 2. The summed E-state index contributed by atoms with van der Waals surface area (Å²) in [7, 11) is 0. The lowest BCUT2D eigenvalue weighted by Crippen LogP contribution is -2.44. The molecule has 0 heterocycles. The highest BCUT2D eigenvalue weighted by molar-refractivity contribution is 5.69. The zero-order chi connectivity index (χ0) is 13.9. The maximum Gasteiger partial charge on any atom is 0.408 e. The monoisotopic (exact) mass is 259 g/mol. The van der Waals surface area contributed by atoms with E-state index in [-0.39, 0.29) is 0 Å². The Morgan fingerprint density at radius 1 is 1.28 bits per heavy atom. The third kappa shape index (κ3) is 4.91. The molecule has 0 spiro atoms. The molecule has 6 nitrogen and oxygen atoms in total. The smallest absolute Gasteiger partial charge is 0.408 e. The van der Waals surface area contributed by atoms with Gasteiger partial charge in [0.05, 0.1) is 12.1 Å². The summed E-state index contributed by atoms with van der Waals surface area (Å²) in [5.74, 6) is -0.426. The molecule has 6 heteroatoms. The Balaban J connectivity index is 2.53. The number of rotatable bonds is 2. The summed E-state index contributed by atoms with van der Waals surface area (Å²) >= 11 is 0. The zero-order valence-corrected chi connectivity index (χ0v) is 11.2. The molecule has 0 bridgehead atoms. The lowest BCUT2D eigenvalue weighted by atomic mass is 10.2. The second kappa shape index (κ2) is 5.56. The number of aliphatic hydroxyl groups excluding tert-OH is 1. The van der Waals surface area contributed by atoms with Gasteiger partial charge in [-0.25, -0.2) is 4.79 Å². The van der Waals surface area contributed by atoms with Crippen LogP contribution in [0.3, 0.4) is 0 Å². The number of amides is 1. The summed E-state index contributed by atoms with van der Waals surface area (Å²) in [6.07, 6.45) is -0.949. The molecular weight excluding hydrogens is 238 g/mol. The molecule has 18 heavy (non-hydrogen) atoms. The molecular formula is C12H21NO5. The van der Waals surface area contributed by atoms with Crippen LogP contribution in [0.5, 0.6) is 0 Å². The second-order valence-corrected chi connectivity index (χ2v) is 5.53. The van der Waals surface area contributed by atoms with Crippen LogP contribution >= 0.6 is 0 Å². The Labute approximate surface area is 107 Å². The van der Waals surface area contributed by atoms with E-state index >= 15 is 0 Å². The first-order chi connectivity index (χ1) is 8.17. The largest absolute Gasteiger partial charge is 0.460 e. The summed E-state index contributed by atoms with van der Waals surface area (Å²) < 4.78 is 10.2. The van der Waals surface area contributed by atoms with Crippen LogP contribution in [-0.4, -0.2) is 41.0 Å². The van der Waals surface area contributed by atoms with Gasteiger partial charge in [-0.2, -0.15) is 0 Å². The van der Waals surface area contributed by atoms with E-state index in [0.717, 1.165) is 0 Å². The SMILES string of the molecule is CC(=O)O[C@H]1C[C@H](O)C[C@@H]1NC(=O)OC(C)(C)C. The van der Waals surface area contributed by atoms with Gasteiger partial charge in [0.1, 0.15) is 11.7 Å². The Morgan fingerprint density at radius 3 is 2.39 bits per heavy atom. The van der Waals surface area contributed by atoms with E-state index in [1.807, 2.05) is 0 Å². The second-order valence-electron chi connectivity index (χ2n) is 5.53. The minimum atomic E-state index is -0.585. The topological polar surface area (TPSA) is 84.9 Å². The normalized spacial score (nSPS) is 27.7. The predicted molar refractivity (Wildman–Crippen MR) is 64.0 cm³/mol. The number of hydrogen-bond acceptors (Lipinski definition) is 5. The molecule has 0 aliphatic heterocycles. The number of carbonyl (C=O) groups is 2. The fourth-order valence-corrected chi connectivity index (χ4v) is 1.93. The lowest BCUT2D eigenvalue weighted by Gasteiger charge is -2.24. The van der Waals surface area contributed by atoms with E-state index in [9.17, 15) is 14.7 Å². The average Bonchev–Trinajstić information content (AvgIpc) is 2.41. The van der Waals surface area contributed by atoms with E-state index in [4.69, 9.17) is 9.47 Å². The fourth-order valence-electron chi connectivity index (χ4n) is 1.93. The average molecular weight is 259 g/mol. The third-order valence-electron chi connectivity index (χ3n) is 2.50. The van der Waals surface area contributed by atoms with E-state index in [1.165, 1.54) is 6.92 Å². The highest BCUT2D eigenvalue weighted by atomic mass is 16.6. The molecule has 0 aromatic rings. The number of esters is 1. The first-order valence-electron chi connectivity index (χ1n) is 6.02. The van der Waals surface area contributed by atoms with Crippen molar-refractivity contribution in [3.63, 3.8) is 0 Å². The van der Waals surface area contributed by atoms with Crippen molar-refractivity contribution >= 4 is 12.1 Å². The van der Waals surface area contributed by atoms with Crippen molar-refractivity contribution in [2.75, 3.05) is 0 Å². The molecule has 1 aliphatic rings. The molecule has 0 radical (unpaired) electrons. The Bertz CT molecular complexity index is 323. The number of nitrogens with one attached hydrogen (secondary N) is 1. The number of aliphatic hydroxyl groups is 1. The van der Waals surface area contributed by atoms with E-state index < -0.39 is 35.9 Å². The molecule has 0 saturated heterocycles. The van der Waals surface area contributed by atoms with E-state index in [0.29, 0.717) is 12.8 Å². The highest BCUT2D eigenvalue weighted by Crippen LogP contribution is 2.23. The van der Waals surface area contributed by atoms with Gasteiger partial charge in [0.2, 0.25) is 0 Å². The van der Waals surface area contributed by atoms with Gasteiger partial charge in [0, 0.05) is 13.3 Å². The highest BCUT2D eigenvalue weighted by Gasteiger charge is 2.37. The fraction of sp³-hybridized carbons (Fsp3) is 0.833. The molecule has 1 saturated carbocycles. The Kier molecular flexibility index (Phi) is 4.56. The van der Waals surface area contributed by atoms with Gasteiger partial charge in [0.25, 0.3) is 0 Å². The van der Waals surface area contributed by atoms with Crippen LogP contribution in [0.1, 0.15) is 40.5 Å². The standard InChI is InChI=1S/C12H21NO5/c1-7(14)17-10-6-8(15)5-9(10)13-11(16)18-12(2,3)4/h8-10,15H,5-6H2,1-4H3,(H,13,16)/t8-,9+,10+/m1/s1. The van der Waals surface area contributed by atoms with Crippen LogP contribution in [-0.2, 0) is 14.3 Å². The van der Waals surface area contributed by atoms with Crippen molar-refractivity contribution in [1.82, 2.24) is 5.32 Å². The number of alkyl carbamates (subject to hydrolysis) is 1. The third-order valence-corrected chi connectivity index (χ3v) is 2.50. The summed E-state index contributed by atoms with van der Waals surface area (Å²) in [6, 6.07) is -0.404. The first kappa shape index (κ1) is 14.8. The van der Waals surface area contributed by atoms with Gasteiger partial charge in [0.15, 0.2) is 0 Å². The number of ether oxygens (including phenoxy) is 2. The molecule has 1 aliphatic carbocycles. The van der Waals surface area contributed by atoms with Crippen LogP contribution in [0, 0.1) is 0 Å². The quantitative estimate of drug-likeness (QED) is 0.722. The Morgan fingerprint density at radius 2 is 1.89 bits per heavy atom. The van der Waals surface area contributed by atoms with E-state index in [2.05, 4.69) is 5.32 Å². The van der Waals surface area contributed by atoms with Crippen molar-refractivity contribution < 1.29 is 24.2 Å². The zero-order valence-electron chi connectivity index (χ0n) is 11.2. The van der Waals surface area contributed by atoms with Gasteiger partial charge in [-0.3, -0.25) is 4.79 Å². The van der Waals surface area contributed by atoms with Gasteiger partial charge < -0.3 is 19.9 Å².